The Bertz CT molecular complexity index is 462. The molecule has 1 amide bonds. The van der Waals surface area contributed by atoms with E-state index in [1.165, 1.54) is 7.11 Å². The molecule has 0 spiro atoms. The summed E-state index contributed by atoms with van der Waals surface area (Å²) in [6.07, 6.45) is 2.98. The smallest absolute Gasteiger partial charge is 0.305 e. The first kappa shape index (κ1) is 16.6. The van der Waals surface area contributed by atoms with Gasteiger partial charge in [0.1, 0.15) is 0 Å². The van der Waals surface area contributed by atoms with Crippen LogP contribution in [-0.2, 0) is 15.3 Å². The number of amides is 1. The molecule has 0 aromatic heterocycles. The molecule has 0 fully saturated rings. The van der Waals surface area contributed by atoms with Gasteiger partial charge in [0.15, 0.2) is 0 Å². The number of hydrogen-bond donors (Lipinski definition) is 0. The lowest BCUT2D eigenvalue weighted by atomic mass is 10.1. The molecule has 0 N–H and O–H groups in total. The number of nitrogens with zero attached hydrogens (tertiary/aromatic N) is 1. The molecule has 20 heavy (non-hydrogen) atoms. The predicted octanol–water partition coefficient (Wildman–Crippen LogP) is 2.57. The average molecular weight is 295 g/mol. The van der Waals surface area contributed by atoms with E-state index in [9.17, 15) is 9.59 Å². The average Bonchev–Trinajstić information content (AvgIpc) is 2.46. The first-order valence-electron chi connectivity index (χ1n) is 6.48. The van der Waals surface area contributed by atoms with E-state index in [-0.39, 0.29) is 11.9 Å². The molecule has 0 saturated carbocycles. The number of benzene rings is 1. The molecule has 110 valence electrons. The van der Waals surface area contributed by atoms with Crippen LogP contribution in [0.3, 0.4) is 0 Å². The highest BCUT2D eigenvalue weighted by molar-refractivity contribution is 7.97. The Kier molecular flexibility index (Phi) is 7.15. The second kappa shape index (κ2) is 8.64. The fourth-order valence-electron chi connectivity index (χ4n) is 1.85. The first-order valence-corrected chi connectivity index (χ1v) is 7.88. The highest BCUT2D eigenvalue weighted by Gasteiger charge is 2.12. The summed E-state index contributed by atoms with van der Waals surface area (Å²) in [5, 5.41) is 0. The van der Waals surface area contributed by atoms with E-state index in [4.69, 9.17) is 0 Å². The number of methoxy groups -OCH3 is 1. The second-order valence-corrected chi connectivity index (χ2v) is 5.41. The van der Waals surface area contributed by atoms with E-state index in [1.54, 1.807) is 23.7 Å². The van der Waals surface area contributed by atoms with E-state index < -0.39 is 0 Å². The van der Waals surface area contributed by atoms with Crippen molar-refractivity contribution in [3.8, 4) is 0 Å². The number of carbonyl (C=O) groups is 2. The molecule has 1 aromatic rings. The Morgan fingerprint density at radius 2 is 2.10 bits per heavy atom. The van der Waals surface area contributed by atoms with E-state index in [0.29, 0.717) is 24.9 Å². The van der Waals surface area contributed by atoms with Gasteiger partial charge in [-0.25, -0.2) is 0 Å². The molecule has 0 aliphatic heterocycles. The maximum atomic E-state index is 12.2. The Hall–Kier alpha value is -1.49. The summed E-state index contributed by atoms with van der Waals surface area (Å²) in [7, 11) is 3.12. The first-order chi connectivity index (χ1) is 9.58. The van der Waals surface area contributed by atoms with Gasteiger partial charge in [-0.3, -0.25) is 9.59 Å². The number of thioether (sulfide) groups is 1. The van der Waals surface area contributed by atoms with Crippen molar-refractivity contribution in [2.24, 2.45) is 0 Å². The van der Waals surface area contributed by atoms with Crippen LogP contribution in [0.4, 0.5) is 0 Å². The fourth-order valence-corrected chi connectivity index (χ4v) is 2.36. The zero-order valence-corrected chi connectivity index (χ0v) is 13.0. The lowest BCUT2D eigenvalue weighted by Crippen LogP contribution is -2.28. The molecule has 4 nitrogen and oxygen atoms in total. The molecule has 0 atom stereocenters. The summed E-state index contributed by atoms with van der Waals surface area (Å²) in [6.45, 7) is 0.542. The van der Waals surface area contributed by atoms with Crippen molar-refractivity contribution < 1.29 is 14.3 Å². The van der Waals surface area contributed by atoms with Crippen LogP contribution in [0.2, 0.25) is 0 Å². The summed E-state index contributed by atoms with van der Waals surface area (Å²) >= 11 is 1.73. The van der Waals surface area contributed by atoms with E-state index in [2.05, 4.69) is 4.74 Å². The standard InChI is InChI=1S/C15H21NO3S/c1-16(9-5-8-14(17)19-2)15(18)13-7-4-6-12(10-13)11-20-3/h4,6-7,10H,5,8-9,11H2,1-3H3. The van der Waals surface area contributed by atoms with Crippen LogP contribution in [0, 0.1) is 0 Å². The lowest BCUT2D eigenvalue weighted by molar-refractivity contribution is -0.140. The Balaban J connectivity index is 2.55. The van der Waals surface area contributed by atoms with Crippen LogP contribution >= 0.6 is 11.8 Å². The maximum Gasteiger partial charge on any atom is 0.305 e. The minimum absolute atomic E-state index is 0.0159. The molecule has 0 bridgehead atoms. The van der Waals surface area contributed by atoms with Gasteiger partial charge >= 0.3 is 5.97 Å². The van der Waals surface area contributed by atoms with Crippen LogP contribution < -0.4 is 0 Å². The van der Waals surface area contributed by atoms with Crippen LogP contribution in [-0.4, -0.2) is 43.7 Å². The summed E-state index contributed by atoms with van der Waals surface area (Å²) in [6, 6.07) is 7.67. The minimum atomic E-state index is -0.243. The van der Waals surface area contributed by atoms with Gasteiger partial charge in [0.05, 0.1) is 7.11 Å². The minimum Gasteiger partial charge on any atom is -0.469 e. The molecule has 1 aromatic carbocycles. The van der Waals surface area contributed by atoms with Crippen molar-refractivity contribution in [2.45, 2.75) is 18.6 Å². The van der Waals surface area contributed by atoms with Crippen LogP contribution in [0.15, 0.2) is 24.3 Å². The van der Waals surface area contributed by atoms with E-state index in [1.807, 2.05) is 30.5 Å². The molecule has 0 heterocycles. The molecule has 0 aliphatic carbocycles. The van der Waals surface area contributed by atoms with Crippen LogP contribution in [0.25, 0.3) is 0 Å². The number of esters is 1. The second-order valence-electron chi connectivity index (χ2n) is 4.54. The zero-order chi connectivity index (χ0) is 15.0. The van der Waals surface area contributed by atoms with Crippen molar-refractivity contribution in [1.29, 1.82) is 0 Å². The number of rotatable bonds is 7. The molecule has 0 saturated heterocycles. The number of carbonyl (C=O) groups excluding carboxylic acids is 2. The van der Waals surface area contributed by atoms with Crippen molar-refractivity contribution in [1.82, 2.24) is 4.90 Å². The highest BCUT2D eigenvalue weighted by atomic mass is 32.2. The molecular formula is C15H21NO3S. The van der Waals surface area contributed by atoms with Crippen molar-refractivity contribution >= 4 is 23.6 Å². The summed E-state index contributed by atoms with van der Waals surface area (Å²) < 4.78 is 4.58. The monoisotopic (exact) mass is 295 g/mol. The van der Waals surface area contributed by atoms with Gasteiger partial charge in [-0.1, -0.05) is 12.1 Å². The summed E-state index contributed by atoms with van der Waals surface area (Å²) in [5.41, 5.74) is 1.84. The highest BCUT2D eigenvalue weighted by Crippen LogP contribution is 2.13. The molecule has 0 unspecified atom stereocenters. The van der Waals surface area contributed by atoms with Gasteiger partial charge in [-0.2, -0.15) is 11.8 Å². The normalized spacial score (nSPS) is 10.2. The lowest BCUT2D eigenvalue weighted by Gasteiger charge is -2.17. The molecule has 5 heteroatoms. The Morgan fingerprint density at radius 1 is 1.35 bits per heavy atom. The van der Waals surface area contributed by atoms with Gasteiger partial charge in [0.2, 0.25) is 0 Å². The van der Waals surface area contributed by atoms with Gasteiger partial charge in [0.25, 0.3) is 5.91 Å². The molecule has 1 rings (SSSR count). The van der Waals surface area contributed by atoms with Crippen molar-refractivity contribution in [3.63, 3.8) is 0 Å². The largest absolute Gasteiger partial charge is 0.469 e. The molecule has 0 aliphatic rings. The fraction of sp³-hybridized carbons (Fsp3) is 0.467. The Morgan fingerprint density at radius 3 is 2.75 bits per heavy atom. The summed E-state index contributed by atoms with van der Waals surface area (Å²) in [4.78, 5) is 24.9. The van der Waals surface area contributed by atoms with Crippen molar-refractivity contribution in [2.75, 3.05) is 27.0 Å². The molecular weight excluding hydrogens is 274 g/mol. The van der Waals surface area contributed by atoms with E-state index >= 15 is 0 Å². The van der Waals surface area contributed by atoms with Gasteiger partial charge in [-0.15, -0.1) is 0 Å². The SMILES string of the molecule is COC(=O)CCCN(C)C(=O)c1cccc(CSC)c1. The topological polar surface area (TPSA) is 46.6 Å². The molecule has 0 radical (unpaired) electrons. The van der Waals surface area contributed by atoms with Crippen LogP contribution in [0.1, 0.15) is 28.8 Å². The van der Waals surface area contributed by atoms with Crippen molar-refractivity contribution in [3.05, 3.63) is 35.4 Å². The Labute approximate surface area is 124 Å². The van der Waals surface area contributed by atoms with E-state index in [0.717, 1.165) is 11.3 Å². The third-order valence-electron chi connectivity index (χ3n) is 2.93. The van der Waals surface area contributed by atoms with Gasteiger partial charge < -0.3 is 9.64 Å². The number of hydrogen-bond acceptors (Lipinski definition) is 4. The van der Waals surface area contributed by atoms with Gasteiger partial charge in [-0.05, 0) is 30.4 Å². The van der Waals surface area contributed by atoms with Gasteiger partial charge in [0, 0.05) is 31.3 Å². The zero-order valence-electron chi connectivity index (χ0n) is 12.2. The van der Waals surface area contributed by atoms with Crippen LogP contribution in [0.5, 0.6) is 0 Å². The maximum absolute atomic E-state index is 12.2. The summed E-state index contributed by atoms with van der Waals surface area (Å²) in [5.74, 6) is 0.637. The third kappa shape index (κ3) is 5.25. The quantitative estimate of drug-likeness (QED) is 0.725. The third-order valence-corrected chi connectivity index (χ3v) is 3.56. The number of ether oxygens (including phenoxy) is 1. The predicted molar refractivity (Wildman–Crippen MR) is 81.9 cm³/mol.